The minimum absolute atomic E-state index is 0.0470. The zero-order chi connectivity index (χ0) is 22.0. The Labute approximate surface area is 183 Å². The number of para-hydroxylation sites is 1. The predicted molar refractivity (Wildman–Crippen MR) is 117 cm³/mol. The van der Waals surface area contributed by atoms with Crippen molar-refractivity contribution in [2.24, 2.45) is 0 Å². The smallest absolute Gasteiger partial charge is 0.271 e. The number of rotatable bonds is 6. The first-order valence-electron chi connectivity index (χ1n) is 8.82. The van der Waals surface area contributed by atoms with Crippen LogP contribution in [0.1, 0.15) is 0 Å². The van der Waals surface area contributed by atoms with E-state index in [2.05, 4.69) is 20.5 Å². The number of aromatic amines is 1. The summed E-state index contributed by atoms with van der Waals surface area (Å²) in [7, 11) is 0. The molecule has 4 rings (SSSR count). The molecule has 0 aliphatic carbocycles. The van der Waals surface area contributed by atoms with Crippen LogP contribution in [0.25, 0.3) is 16.7 Å². The number of nitrogens with one attached hydrogen (secondary N) is 2. The molecule has 0 aliphatic rings. The molecule has 2 aromatic carbocycles. The number of hydrogen-bond donors (Lipinski definition) is 2. The second-order valence-electron chi connectivity index (χ2n) is 6.26. The number of non-ortho nitro benzene ring substituents is 1. The molecule has 0 radical (unpaired) electrons. The van der Waals surface area contributed by atoms with Crippen molar-refractivity contribution in [3.8, 4) is 5.69 Å². The molecule has 12 heteroatoms. The molecular formula is C19H13ClN6O4S. The number of fused-ring (bicyclic) bond motifs is 1. The van der Waals surface area contributed by atoms with Crippen LogP contribution in [-0.4, -0.2) is 36.3 Å². The normalized spacial score (nSPS) is 10.9. The number of nitrogens with zero attached hydrogens (tertiary/aromatic N) is 4. The molecule has 0 aliphatic heterocycles. The highest BCUT2D eigenvalue weighted by molar-refractivity contribution is 7.99. The van der Waals surface area contributed by atoms with Crippen molar-refractivity contribution in [3.05, 3.63) is 80.2 Å². The van der Waals surface area contributed by atoms with E-state index in [-0.39, 0.29) is 27.7 Å². The summed E-state index contributed by atoms with van der Waals surface area (Å²) in [5.74, 6) is -0.494. The summed E-state index contributed by atoms with van der Waals surface area (Å²) in [5, 5.41) is 20.6. The number of hydrogen-bond acceptors (Lipinski definition) is 7. The van der Waals surface area contributed by atoms with Crippen molar-refractivity contribution in [2.75, 3.05) is 11.1 Å². The Hall–Kier alpha value is -3.70. The van der Waals surface area contributed by atoms with Crippen molar-refractivity contribution in [1.82, 2.24) is 19.7 Å². The molecule has 0 saturated heterocycles. The first-order valence-corrected chi connectivity index (χ1v) is 10.2. The molecule has 31 heavy (non-hydrogen) atoms. The third kappa shape index (κ3) is 4.27. The maximum atomic E-state index is 13.0. The number of carbonyl (C=O) groups excluding carboxylic acids is 1. The maximum absolute atomic E-state index is 13.0. The first-order chi connectivity index (χ1) is 14.9. The first kappa shape index (κ1) is 20.6. The van der Waals surface area contributed by atoms with Crippen molar-refractivity contribution in [1.29, 1.82) is 0 Å². The van der Waals surface area contributed by atoms with Gasteiger partial charge in [-0.3, -0.25) is 29.4 Å². The van der Waals surface area contributed by atoms with Crippen molar-refractivity contribution in [2.45, 2.75) is 5.16 Å². The fourth-order valence-corrected chi connectivity index (χ4v) is 3.84. The number of aromatic nitrogens is 4. The van der Waals surface area contributed by atoms with Crippen LogP contribution in [-0.2, 0) is 4.79 Å². The summed E-state index contributed by atoms with van der Waals surface area (Å²) >= 11 is 7.08. The van der Waals surface area contributed by atoms with E-state index in [1.807, 2.05) is 6.07 Å². The summed E-state index contributed by atoms with van der Waals surface area (Å²) in [4.78, 5) is 40.1. The molecule has 2 heterocycles. The number of nitro groups is 1. The molecule has 156 valence electrons. The highest BCUT2D eigenvalue weighted by Gasteiger charge is 2.17. The van der Waals surface area contributed by atoms with Crippen LogP contribution >= 0.6 is 23.4 Å². The standard InChI is InChI=1S/C19H13ClN6O4S/c20-14-8-12(26(29)30)6-7-15(14)22-16(27)10-31-19-23-17-13(9-21-24-17)18(28)25(19)11-4-2-1-3-5-11/h1-9H,10H2,(H,21,24)(H,22,27). The zero-order valence-corrected chi connectivity index (χ0v) is 17.2. The summed E-state index contributed by atoms with van der Waals surface area (Å²) in [5.41, 5.74) is 0.672. The third-order valence-electron chi connectivity index (χ3n) is 4.24. The fraction of sp³-hybridized carbons (Fsp3) is 0.0526. The number of anilines is 1. The van der Waals surface area contributed by atoms with E-state index >= 15 is 0 Å². The predicted octanol–water partition coefficient (Wildman–Crippen LogP) is 3.40. The highest BCUT2D eigenvalue weighted by atomic mass is 35.5. The van der Waals surface area contributed by atoms with Crippen molar-refractivity contribution < 1.29 is 9.72 Å². The van der Waals surface area contributed by atoms with Gasteiger partial charge in [0.05, 0.1) is 33.3 Å². The second kappa shape index (κ2) is 8.58. The quantitative estimate of drug-likeness (QED) is 0.196. The van der Waals surface area contributed by atoms with Gasteiger partial charge < -0.3 is 5.32 Å². The molecule has 2 aromatic heterocycles. The van der Waals surface area contributed by atoms with Gasteiger partial charge in [0.15, 0.2) is 10.8 Å². The van der Waals surface area contributed by atoms with Gasteiger partial charge in [0.2, 0.25) is 5.91 Å². The molecule has 0 atom stereocenters. The molecule has 0 bridgehead atoms. The van der Waals surface area contributed by atoms with E-state index in [4.69, 9.17) is 11.6 Å². The largest absolute Gasteiger partial charge is 0.324 e. The number of H-pyrrole nitrogens is 1. The molecular weight excluding hydrogens is 444 g/mol. The molecule has 0 unspecified atom stereocenters. The Bertz CT molecular complexity index is 1350. The van der Waals surface area contributed by atoms with Gasteiger partial charge >= 0.3 is 0 Å². The lowest BCUT2D eigenvalue weighted by atomic mass is 10.3. The Morgan fingerprint density at radius 1 is 1.26 bits per heavy atom. The fourth-order valence-electron chi connectivity index (χ4n) is 2.81. The summed E-state index contributed by atoms with van der Waals surface area (Å²) < 4.78 is 1.41. The van der Waals surface area contributed by atoms with Crippen LogP contribution in [0.3, 0.4) is 0 Å². The number of thioether (sulfide) groups is 1. The van der Waals surface area contributed by atoms with E-state index in [0.717, 1.165) is 17.8 Å². The average molecular weight is 457 g/mol. The van der Waals surface area contributed by atoms with Crippen LogP contribution in [0.2, 0.25) is 5.02 Å². The van der Waals surface area contributed by atoms with E-state index in [1.165, 1.54) is 22.9 Å². The van der Waals surface area contributed by atoms with Crippen LogP contribution in [0, 0.1) is 10.1 Å². The summed E-state index contributed by atoms with van der Waals surface area (Å²) in [6, 6.07) is 12.7. The van der Waals surface area contributed by atoms with Crippen LogP contribution in [0.15, 0.2) is 64.7 Å². The number of benzene rings is 2. The SMILES string of the molecule is O=C(CSc1nc2[nH]ncc2c(=O)n1-c1ccccc1)Nc1ccc([N+](=O)[O-])cc1Cl. The van der Waals surface area contributed by atoms with Gasteiger partial charge in [-0.15, -0.1) is 0 Å². The van der Waals surface area contributed by atoms with Gasteiger partial charge in [-0.05, 0) is 18.2 Å². The van der Waals surface area contributed by atoms with Gasteiger partial charge in [0, 0.05) is 12.1 Å². The number of amides is 1. The highest BCUT2D eigenvalue weighted by Crippen LogP contribution is 2.27. The maximum Gasteiger partial charge on any atom is 0.271 e. The Balaban J connectivity index is 1.58. The molecule has 0 fully saturated rings. The van der Waals surface area contributed by atoms with Crippen LogP contribution in [0.4, 0.5) is 11.4 Å². The lowest BCUT2D eigenvalue weighted by Crippen LogP contribution is -2.22. The average Bonchev–Trinajstić information content (AvgIpc) is 3.23. The molecule has 4 aromatic rings. The molecule has 1 amide bonds. The zero-order valence-electron chi connectivity index (χ0n) is 15.6. The van der Waals surface area contributed by atoms with E-state index in [0.29, 0.717) is 21.9 Å². The van der Waals surface area contributed by atoms with Crippen molar-refractivity contribution in [3.63, 3.8) is 0 Å². The van der Waals surface area contributed by atoms with E-state index in [9.17, 15) is 19.7 Å². The minimum atomic E-state index is -0.576. The Kier molecular flexibility index (Phi) is 5.69. The summed E-state index contributed by atoms with van der Waals surface area (Å²) in [6.07, 6.45) is 1.40. The number of halogens is 1. The molecule has 10 nitrogen and oxygen atoms in total. The minimum Gasteiger partial charge on any atom is -0.324 e. The number of carbonyl (C=O) groups is 1. The lowest BCUT2D eigenvalue weighted by Gasteiger charge is -2.12. The van der Waals surface area contributed by atoms with E-state index in [1.54, 1.807) is 24.3 Å². The molecule has 0 spiro atoms. The van der Waals surface area contributed by atoms with Gasteiger partial charge in [-0.2, -0.15) is 5.10 Å². The summed E-state index contributed by atoms with van der Waals surface area (Å²) in [6.45, 7) is 0. The monoisotopic (exact) mass is 456 g/mol. The molecule has 0 saturated carbocycles. The van der Waals surface area contributed by atoms with Crippen LogP contribution in [0.5, 0.6) is 0 Å². The second-order valence-corrected chi connectivity index (χ2v) is 7.61. The van der Waals surface area contributed by atoms with Gasteiger partial charge in [-0.25, -0.2) is 4.98 Å². The topological polar surface area (TPSA) is 136 Å². The Morgan fingerprint density at radius 3 is 2.74 bits per heavy atom. The van der Waals surface area contributed by atoms with Gasteiger partial charge in [-0.1, -0.05) is 41.6 Å². The number of nitro benzene ring substituents is 1. The van der Waals surface area contributed by atoms with Gasteiger partial charge in [0.1, 0.15) is 5.39 Å². The van der Waals surface area contributed by atoms with Crippen molar-refractivity contribution >= 4 is 51.7 Å². The lowest BCUT2D eigenvalue weighted by molar-refractivity contribution is -0.384. The van der Waals surface area contributed by atoms with Crippen LogP contribution < -0.4 is 10.9 Å². The van der Waals surface area contributed by atoms with Gasteiger partial charge in [0.25, 0.3) is 11.2 Å². The molecule has 2 N–H and O–H groups in total. The third-order valence-corrected chi connectivity index (χ3v) is 5.49. The Morgan fingerprint density at radius 2 is 2.03 bits per heavy atom. The van der Waals surface area contributed by atoms with E-state index < -0.39 is 10.8 Å².